The van der Waals surface area contributed by atoms with E-state index in [2.05, 4.69) is 10.7 Å². The fourth-order valence-corrected chi connectivity index (χ4v) is 3.87. The molecule has 3 rings (SSSR count). The van der Waals surface area contributed by atoms with Crippen molar-refractivity contribution in [3.63, 3.8) is 0 Å². The zero-order valence-electron chi connectivity index (χ0n) is 18.7. The molecule has 0 aromatic heterocycles. The van der Waals surface area contributed by atoms with Crippen LogP contribution in [0, 0.1) is 6.92 Å². The van der Waals surface area contributed by atoms with E-state index in [0.717, 1.165) is 11.1 Å². The van der Waals surface area contributed by atoms with Gasteiger partial charge in [-0.1, -0.05) is 59.6 Å². The second-order valence-electron chi connectivity index (χ2n) is 7.99. The Morgan fingerprint density at radius 1 is 1.12 bits per heavy atom. The summed E-state index contributed by atoms with van der Waals surface area (Å²) in [6.07, 6.45) is 0.672. The number of amides is 3. The van der Waals surface area contributed by atoms with Gasteiger partial charge in [0.1, 0.15) is 6.17 Å². The average molecular weight is 471 g/mol. The van der Waals surface area contributed by atoms with E-state index in [1.807, 2.05) is 37.3 Å². The summed E-state index contributed by atoms with van der Waals surface area (Å²) in [5, 5.41) is 14.2. The first-order valence-corrected chi connectivity index (χ1v) is 10.9. The van der Waals surface area contributed by atoms with Crippen LogP contribution < -0.4 is 10.7 Å². The van der Waals surface area contributed by atoms with E-state index in [4.69, 9.17) is 11.6 Å². The summed E-state index contributed by atoms with van der Waals surface area (Å²) in [7, 11) is 0. The number of carboxylic acids is 1. The third-order valence-corrected chi connectivity index (χ3v) is 5.87. The maximum absolute atomic E-state index is 12.8. The Hall–Kier alpha value is -3.52. The number of carbonyl (C=O) groups is 3. The minimum absolute atomic E-state index is 0.193. The summed E-state index contributed by atoms with van der Waals surface area (Å²) >= 11 is 6.26. The smallest absolute Gasteiger partial charge is 0.334 e. The molecule has 0 spiro atoms. The molecule has 9 heteroatoms. The topological polar surface area (TPSA) is 102 Å². The number of aryl methyl sites for hydroxylation is 1. The van der Waals surface area contributed by atoms with Crippen LogP contribution in [0.5, 0.6) is 0 Å². The third-order valence-electron chi connectivity index (χ3n) is 5.50. The summed E-state index contributed by atoms with van der Waals surface area (Å²) in [4.78, 5) is 38.4. The number of hydrogen-bond acceptors (Lipinski definition) is 4. The molecule has 1 unspecified atom stereocenters. The molecule has 3 N–H and O–H groups in total. The van der Waals surface area contributed by atoms with Crippen molar-refractivity contribution in [1.29, 1.82) is 0 Å². The number of urea groups is 1. The van der Waals surface area contributed by atoms with Gasteiger partial charge in [0.2, 0.25) is 5.91 Å². The number of benzene rings is 2. The van der Waals surface area contributed by atoms with Crippen LogP contribution in [0.15, 0.2) is 60.3 Å². The van der Waals surface area contributed by atoms with Crippen LogP contribution >= 0.6 is 11.6 Å². The molecule has 3 amide bonds. The Balaban J connectivity index is 1.74. The standard InChI is InChI=1S/C24H27ClN4O4/c1-15-8-10-18(11-9-15)21(13-23(31)32)26-24(33)27-29-16(2)12-22(30)28(17(29)3)14-19-6-4-5-7-20(19)25/h4-12,17,21H,13-14H2,1-3H3,(H,31,32)(H2,26,27,33)/t17?,21-/m0/s1. The van der Waals surface area contributed by atoms with Crippen molar-refractivity contribution in [3.8, 4) is 0 Å². The number of allylic oxidation sites excluding steroid dienone is 1. The fourth-order valence-electron chi connectivity index (χ4n) is 3.68. The molecule has 2 aromatic carbocycles. The van der Waals surface area contributed by atoms with Gasteiger partial charge in [-0.25, -0.2) is 10.2 Å². The molecule has 0 bridgehead atoms. The predicted octanol–water partition coefficient (Wildman–Crippen LogP) is 3.97. The summed E-state index contributed by atoms with van der Waals surface area (Å²) in [5.74, 6) is -1.22. The molecule has 1 aliphatic heterocycles. The number of nitrogens with zero attached hydrogens (tertiary/aromatic N) is 2. The highest BCUT2D eigenvalue weighted by molar-refractivity contribution is 6.31. The van der Waals surface area contributed by atoms with Gasteiger partial charge in [-0.3, -0.25) is 14.6 Å². The highest BCUT2D eigenvalue weighted by atomic mass is 35.5. The van der Waals surface area contributed by atoms with E-state index in [-0.39, 0.29) is 18.9 Å². The molecular formula is C24H27ClN4O4. The molecule has 8 nitrogen and oxygen atoms in total. The largest absolute Gasteiger partial charge is 0.481 e. The van der Waals surface area contributed by atoms with Crippen molar-refractivity contribution in [2.45, 2.75) is 45.9 Å². The van der Waals surface area contributed by atoms with Gasteiger partial charge in [-0.05, 0) is 38.0 Å². The zero-order valence-corrected chi connectivity index (χ0v) is 19.5. The van der Waals surface area contributed by atoms with Crippen LogP contribution in [0.1, 0.15) is 43.0 Å². The third kappa shape index (κ3) is 6.04. The molecule has 33 heavy (non-hydrogen) atoms. The first-order valence-electron chi connectivity index (χ1n) is 10.5. The number of carbonyl (C=O) groups excluding carboxylic acids is 2. The van der Waals surface area contributed by atoms with Crippen molar-refractivity contribution in [3.05, 3.63) is 82.0 Å². The minimum atomic E-state index is -1.03. The van der Waals surface area contributed by atoms with Gasteiger partial charge in [-0.15, -0.1) is 0 Å². The highest BCUT2D eigenvalue weighted by Gasteiger charge is 2.32. The van der Waals surface area contributed by atoms with Gasteiger partial charge < -0.3 is 15.3 Å². The number of nitrogens with one attached hydrogen (secondary N) is 2. The fraction of sp³-hybridized carbons (Fsp3) is 0.292. The number of carboxylic acid groups (broad SMARTS) is 1. The quantitative estimate of drug-likeness (QED) is 0.568. The van der Waals surface area contributed by atoms with Crippen LogP contribution in [0.25, 0.3) is 0 Å². The van der Waals surface area contributed by atoms with E-state index >= 15 is 0 Å². The van der Waals surface area contributed by atoms with Crippen LogP contribution in [0.4, 0.5) is 4.79 Å². The summed E-state index contributed by atoms with van der Waals surface area (Å²) in [6, 6.07) is 13.3. The maximum Gasteiger partial charge on any atom is 0.334 e. The first-order chi connectivity index (χ1) is 15.7. The van der Waals surface area contributed by atoms with Crippen molar-refractivity contribution < 1.29 is 19.5 Å². The molecule has 0 fully saturated rings. The van der Waals surface area contributed by atoms with Gasteiger partial charge >= 0.3 is 12.0 Å². The highest BCUT2D eigenvalue weighted by Crippen LogP contribution is 2.24. The van der Waals surface area contributed by atoms with Gasteiger partial charge in [-0.2, -0.15) is 0 Å². The molecule has 1 aliphatic rings. The SMILES string of the molecule is CC1=CC(=O)N(Cc2ccccc2Cl)C(C)N1NC(=O)N[C@@H](CC(=O)O)c1ccc(C)cc1. The Bertz CT molecular complexity index is 1070. The van der Waals surface area contributed by atoms with E-state index in [1.54, 1.807) is 42.0 Å². The monoisotopic (exact) mass is 470 g/mol. The second kappa shape index (κ2) is 10.4. The molecule has 2 atom stereocenters. The Kier molecular flexibility index (Phi) is 7.60. The number of rotatable bonds is 7. The number of hydrazine groups is 1. The van der Waals surface area contributed by atoms with E-state index in [1.165, 1.54) is 6.08 Å². The van der Waals surface area contributed by atoms with Gasteiger partial charge in [0.05, 0.1) is 12.5 Å². The lowest BCUT2D eigenvalue weighted by atomic mass is 10.0. The average Bonchev–Trinajstić information content (AvgIpc) is 2.75. The van der Waals surface area contributed by atoms with Gasteiger partial charge in [0.25, 0.3) is 0 Å². The molecule has 0 radical (unpaired) electrons. The van der Waals surface area contributed by atoms with Crippen molar-refractivity contribution >= 4 is 29.5 Å². The molecule has 2 aromatic rings. The molecule has 0 saturated heterocycles. The van der Waals surface area contributed by atoms with Gasteiger partial charge in [0, 0.05) is 23.3 Å². The van der Waals surface area contributed by atoms with Crippen LogP contribution in [0.3, 0.4) is 0 Å². The lowest BCUT2D eigenvalue weighted by molar-refractivity contribution is -0.138. The molecule has 1 heterocycles. The first kappa shape index (κ1) is 24.1. The second-order valence-corrected chi connectivity index (χ2v) is 8.40. The Labute approximate surface area is 197 Å². The van der Waals surface area contributed by atoms with Gasteiger partial charge in [0.15, 0.2) is 0 Å². The number of hydrogen-bond donors (Lipinski definition) is 3. The van der Waals surface area contributed by atoms with E-state index < -0.39 is 24.2 Å². The molecule has 174 valence electrons. The van der Waals surface area contributed by atoms with Crippen molar-refractivity contribution in [2.75, 3.05) is 0 Å². The Morgan fingerprint density at radius 3 is 2.42 bits per heavy atom. The van der Waals surface area contributed by atoms with Crippen LogP contribution in [0.2, 0.25) is 5.02 Å². The van der Waals surface area contributed by atoms with Crippen LogP contribution in [-0.4, -0.2) is 39.1 Å². The molecule has 0 aliphatic carbocycles. The summed E-state index contributed by atoms with van der Waals surface area (Å²) in [6.45, 7) is 5.71. The summed E-state index contributed by atoms with van der Waals surface area (Å²) < 4.78 is 0. The zero-order chi connectivity index (χ0) is 24.1. The maximum atomic E-state index is 12.8. The van der Waals surface area contributed by atoms with Crippen molar-refractivity contribution in [2.24, 2.45) is 0 Å². The predicted molar refractivity (Wildman–Crippen MR) is 125 cm³/mol. The van der Waals surface area contributed by atoms with E-state index in [9.17, 15) is 19.5 Å². The lowest BCUT2D eigenvalue weighted by Gasteiger charge is -2.42. The number of aliphatic carboxylic acids is 1. The summed E-state index contributed by atoms with van der Waals surface area (Å²) in [5.41, 5.74) is 5.82. The minimum Gasteiger partial charge on any atom is -0.481 e. The van der Waals surface area contributed by atoms with Crippen molar-refractivity contribution in [1.82, 2.24) is 20.7 Å². The Morgan fingerprint density at radius 2 is 1.79 bits per heavy atom. The normalized spacial score (nSPS) is 16.8. The number of halogens is 1. The van der Waals surface area contributed by atoms with E-state index in [0.29, 0.717) is 16.3 Å². The molecule has 0 saturated carbocycles. The molecular weight excluding hydrogens is 444 g/mol. The van der Waals surface area contributed by atoms with Crippen LogP contribution in [-0.2, 0) is 16.1 Å². The lowest BCUT2D eigenvalue weighted by Crippen LogP contribution is -2.59.